The van der Waals surface area contributed by atoms with Crippen LogP contribution in [0.25, 0.3) is 0 Å². The first-order chi connectivity index (χ1) is 10.9. The third kappa shape index (κ3) is 3.78. The maximum Gasteiger partial charge on any atom is 0.340 e. The minimum absolute atomic E-state index is 0.125. The van der Waals surface area contributed by atoms with Gasteiger partial charge in [0.15, 0.2) is 0 Å². The van der Waals surface area contributed by atoms with Gasteiger partial charge in [-0.25, -0.2) is 4.79 Å². The number of carbonyl (C=O) groups is 1. The van der Waals surface area contributed by atoms with Crippen molar-refractivity contribution >= 4 is 34.6 Å². The second kappa shape index (κ2) is 7.11. The monoisotopic (exact) mass is 334 g/mol. The van der Waals surface area contributed by atoms with Crippen molar-refractivity contribution in [1.82, 2.24) is 0 Å². The molecule has 0 saturated heterocycles. The fourth-order valence-electron chi connectivity index (χ4n) is 2.02. The minimum atomic E-state index is -0.551. The zero-order valence-corrected chi connectivity index (χ0v) is 13.4. The largest absolute Gasteiger partial charge is 0.462 e. The van der Waals surface area contributed by atoms with Crippen molar-refractivity contribution in [2.75, 3.05) is 11.9 Å². The van der Waals surface area contributed by atoms with Gasteiger partial charge in [-0.2, -0.15) is 0 Å². The van der Waals surface area contributed by atoms with Gasteiger partial charge in [-0.3, -0.25) is 10.1 Å². The quantitative estimate of drug-likeness (QED) is 0.495. The topological polar surface area (TPSA) is 81.5 Å². The Morgan fingerprint density at radius 2 is 2.04 bits per heavy atom. The van der Waals surface area contributed by atoms with E-state index < -0.39 is 10.9 Å². The number of rotatable bonds is 5. The van der Waals surface area contributed by atoms with Gasteiger partial charge in [0.2, 0.25) is 0 Å². The maximum atomic E-state index is 12.0. The Kier molecular flexibility index (Phi) is 5.18. The van der Waals surface area contributed by atoms with Gasteiger partial charge in [0.25, 0.3) is 5.69 Å². The molecule has 0 radical (unpaired) electrons. The fraction of sp³-hybridized carbons (Fsp3) is 0.188. The lowest BCUT2D eigenvalue weighted by atomic mass is 10.1. The van der Waals surface area contributed by atoms with Gasteiger partial charge in [-0.15, -0.1) is 0 Å². The van der Waals surface area contributed by atoms with E-state index in [0.29, 0.717) is 16.4 Å². The molecule has 0 spiro atoms. The summed E-state index contributed by atoms with van der Waals surface area (Å²) in [6, 6.07) is 9.20. The van der Waals surface area contributed by atoms with E-state index >= 15 is 0 Å². The van der Waals surface area contributed by atoms with Gasteiger partial charge >= 0.3 is 5.97 Å². The minimum Gasteiger partial charge on any atom is -0.462 e. The van der Waals surface area contributed by atoms with Crippen molar-refractivity contribution in [1.29, 1.82) is 0 Å². The van der Waals surface area contributed by atoms with Crippen molar-refractivity contribution in [2.24, 2.45) is 0 Å². The van der Waals surface area contributed by atoms with Crippen molar-refractivity contribution < 1.29 is 14.5 Å². The molecule has 0 fully saturated rings. The van der Waals surface area contributed by atoms with Gasteiger partial charge in [-0.1, -0.05) is 17.7 Å². The van der Waals surface area contributed by atoms with Crippen LogP contribution in [0, 0.1) is 17.0 Å². The molecular formula is C16H15ClN2O4. The molecule has 0 aliphatic carbocycles. The molecule has 0 atom stereocenters. The molecule has 0 heterocycles. The second-order valence-electron chi connectivity index (χ2n) is 4.74. The third-order valence-corrected chi connectivity index (χ3v) is 3.66. The van der Waals surface area contributed by atoms with Gasteiger partial charge in [0.1, 0.15) is 0 Å². The Bertz CT molecular complexity index is 762. The van der Waals surface area contributed by atoms with Gasteiger partial charge < -0.3 is 10.1 Å². The highest BCUT2D eigenvalue weighted by molar-refractivity contribution is 6.31. The molecule has 7 heteroatoms. The number of hydrogen-bond acceptors (Lipinski definition) is 5. The van der Waals surface area contributed by atoms with E-state index in [4.69, 9.17) is 16.3 Å². The molecule has 0 aliphatic rings. The number of hydrogen-bond donors (Lipinski definition) is 1. The zero-order valence-electron chi connectivity index (χ0n) is 12.6. The number of nitro groups is 1. The smallest absolute Gasteiger partial charge is 0.340 e. The summed E-state index contributed by atoms with van der Waals surface area (Å²) in [5.74, 6) is -0.551. The summed E-state index contributed by atoms with van der Waals surface area (Å²) in [7, 11) is 0. The molecule has 0 saturated carbocycles. The molecule has 120 valence electrons. The molecule has 2 aromatic rings. The summed E-state index contributed by atoms with van der Waals surface area (Å²) < 4.78 is 4.99. The number of halogens is 1. The number of nitrogens with one attached hydrogen (secondary N) is 1. The Labute approximate surface area is 138 Å². The predicted molar refractivity (Wildman–Crippen MR) is 88.5 cm³/mol. The van der Waals surface area contributed by atoms with E-state index in [-0.39, 0.29) is 17.9 Å². The van der Waals surface area contributed by atoms with E-state index in [2.05, 4.69) is 5.32 Å². The zero-order chi connectivity index (χ0) is 17.0. The number of carbonyl (C=O) groups excluding carboxylic acids is 1. The lowest BCUT2D eigenvalue weighted by Crippen LogP contribution is -2.09. The van der Waals surface area contributed by atoms with Crippen LogP contribution in [0.2, 0.25) is 5.02 Å². The van der Waals surface area contributed by atoms with Gasteiger partial charge in [0.05, 0.1) is 22.8 Å². The van der Waals surface area contributed by atoms with Crippen LogP contribution in [0.15, 0.2) is 36.4 Å². The van der Waals surface area contributed by atoms with Crippen LogP contribution in [0.1, 0.15) is 22.8 Å². The SMILES string of the molecule is CCOC(=O)c1ccc([N+](=O)[O-])cc1Nc1cccc(Cl)c1C. The number of benzene rings is 2. The highest BCUT2D eigenvalue weighted by Gasteiger charge is 2.18. The van der Waals surface area contributed by atoms with Crippen LogP contribution in [0.5, 0.6) is 0 Å². The molecule has 0 aliphatic heterocycles. The molecule has 6 nitrogen and oxygen atoms in total. The highest BCUT2D eigenvalue weighted by Crippen LogP contribution is 2.30. The Morgan fingerprint density at radius 1 is 1.30 bits per heavy atom. The van der Waals surface area contributed by atoms with E-state index in [0.717, 1.165) is 5.56 Å². The molecule has 1 N–H and O–H groups in total. The molecule has 2 aromatic carbocycles. The summed E-state index contributed by atoms with van der Waals surface area (Å²) in [5.41, 5.74) is 1.82. The molecule has 2 rings (SSSR count). The van der Waals surface area contributed by atoms with Crippen LogP contribution in [0.4, 0.5) is 17.1 Å². The first-order valence-corrected chi connectivity index (χ1v) is 7.29. The van der Waals surface area contributed by atoms with Crippen LogP contribution in [-0.2, 0) is 4.74 Å². The Morgan fingerprint density at radius 3 is 2.70 bits per heavy atom. The molecule has 23 heavy (non-hydrogen) atoms. The predicted octanol–water partition coefficient (Wildman–Crippen LogP) is 4.48. The summed E-state index contributed by atoms with van der Waals surface area (Å²) in [4.78, 5) is 22.5. The standard InChI is InChI=1S/C16H15ClN2O4/c1-3-23-16(20)12-8-7-11(19(21)22)9-15(12)18-14-6-4-5-13(17)10(14)2/h4-9,18H,3H2,1-2H3. The van der Waals surface area contributed by atoms with E-state index in [1.807, 2.05) is 6.92 Å². The van der Waals surface area contributed by atoms with Crippen molar-refractivity contribution in [2.45, 2.75) is 13.8 Å². The maximum absolute atomic E-state index is 12.0. The number of nitrogens with zero attached hydrogens (tertiary/aromatic N) is 1. The highest BCUT2D eigenvalue weighted by atomic mass is 35.5. The Hall–Kier alpha value is -2.60. The average Bonchev–Trinajstić information content (AvgIpc) is 2.52. The molecule has 0 bridgehead atoms. The number of esters is 1. The van der Waals surface area contributed by atoms with Crippen LogP contribution >= 0.6 is 11.6 Å². The van der Waals surface area contributed by atoms with Crippen LogP contribution < -0.4 is 5.32 Å². The normalized spacial score (nSPS) is 10.2. The number of ether oxygens (including phenoxy) is 1. The van der Waals surface area contributed by atoms with Crippen molar-refractivity contribution in [3.8, 4) is 0 Å². The van der Waals surface area contributed by atoms with Crippen molar-refractivity contribution in [3.63, 3.8) is 0 Å². The number of anilines is 2. The molecular weight excluding hydrogens is 320 g/mol. The third-order valence-electron chi connectivity index (χ3n) is 3.25. The second-order valence-corrected chi connectivity index (χ2v) is 5.15. The number of non-ortho nitro benzene ring substituents is 1. The first kappa shape index (κ1) is 16.8. The van der Waals surface area contributed by atoms with Gasteiger partial charge in [-0.05, 0) is 37.6 Å². The number of nitro benzene ring substituents is 1. The van der Waals surface area contributed by atoms with Gasteiger partial charge in [0, 0.05) is 22.8 Å². The van der Waals surface area contributed by atoms with Crippen LogP contribution in [-0.4, -0.2) is 17.5 Å². The molecule has 0 unspecified atom stereocenters. The Balaban J connectivity index is 2.48. The van der Waals surface area contributed by atoms with Crippen molar-refractivity contribution in [3.05, 3.63) is 62.7 Å². The van der Waals surface area contributed by atoms with Crippen LogP contribution in [0.3, 0.4) is 0 Å². The van der Waals surface area contributed by atoms with E-state index in [1.54, 1.807) is 25.1 Å². The van der Waals surface area contributed by atoms with E-state index in [1.165, 1.54) is 18.2 Å². The summed E-state index contributed by atoms with van der Waals surface area (Å²) in [5, 5.41) is 14.6. The molecule has 0 amide bonds. The van der Waals surface area contributed by atoms with E-state index in [9.17, 15) is 14.9 Å². The summed E-state index contributed by atoms with van der Waals surface area (Å²) in [6.45, 7) is 3.72. The molecule has 0 aromatic heterocycles. The summed E-state index contributed by atoms with van der Waals surface area (Å²) in [6.07, 6.45) is 0. The fourth-order valence-corrected chi connectivity index (χ4v) is 2.20. The average molecular weight is 335 g/mol. The summed E-state index contributed by atoms with van der Waals surface area (Å²) >= 11 is 6.07. The lowest BCUT2D eigenvalue weighted by Gasteiger charge is -2.14. The first-order valence-electron chi connectivity index (χ1n) is 6.91. The lowest BCUT2D eigenvalue weighted by molar-refractivity contribution is -0.384.